The molecule has 0 saturated heterocycles. The Balaban J connectivity index is 2.18. The lowest BCUT2D eigenvalue weighted by Crippen LogP contribution is -2.23. The molecule has 80 valence electrons. The summed E-state index contributed by atoms with van der Waals surface area (Å²) in [5.41, 5.74) is 1.40. The van der Waals surface area contributed by atoms with Crippen molar-refractivity contribution in [3.8, 4) is 0 Å². The van der Waals surface area contributed by atoms with E-state index in [2.05, 4.69) is 23.1 Å². The zero-order valence-electron chi connectivity index (χ0n) is 8.67. The van der Waals surface area contributed by atoms with Crippen LogP contribution in [0.25, 0.3) is 5.57 Å². The van der Waals surface area contributed by atoms with Crippen LogP contribution in [0.5, 0.6) is 0 Å². The molecule has 0 aliphatic heterocycles. The zero-order chi connectivity index (χ0) is 11.4. The zero-order valence-corrected chi connectivity index (χ0v) is 8.67. The number of allylic oxidation sites excluding steroid dienone is 2. The highest BCUT2D eigenvalue weighted by molar-refractivity contribution is 6.53. The monoisotopic (exact) mass is 214 g/mol. The molecule has 0 atom stereocenters. The first kappa shape index (κ1) is 9.27. The predicted octanol–water partition coefficient (Wildman–Crippen LogP) is 1.62. The van der Waals surface area contributed by atoms with Gasteiger partial charge in [-0.15, -0.1) is 0 Å². The maximum atomic E-state index is 11.7. The fraction of sp³-hybridized carbons (Fsp3) is 0.250. The first-order valence-electron chi connectivity index (χ1n) is 5.17. The summed E-state index contributed by atoms with van der Waals surface area (Å²) in [6.07, 6.45) is 2.17. The standard InChI is InChI=1S/C12H10N2O2/c1-5-6(2)10(15)11(16)9-8(5)13-12(14-9)7-3-4-7/h7H,1-4H2,(H,13,14). The summed E-state index contributed by atoms with van der Waals surface area (Å²) in [6, 6.07) is 0. The number of aromatic nitrogens is 2. The molecule has 4 nitrogen and oxygen atoms in total. The minimum atomic E-state index is -0.580. The third kappa shape index (κ3) is 1.07. The summed E-state index contributed by atoms with van der Waals surface area (Å²) in [5, 5.41) is 0. The van der Waals surface area contributed by atoms with Crippen molar-refractivity contribution in [2.45, 2.75) is 18.8 Å². The van der Waals surface area contributed by atoms with Crippen molar-refractivity contribution in [3.63, 3.8) is 0 Å². The van der Waals surface area contributed by atoms with E-state index in [-0.39, 0.29) is 11.3 Å². The number of hydrogen-bond acceptors (Lipinski definition) is 3. The fourth-order valence-corrected chi connectivity index (χ4v) is 1.85. The van der Waals surface area contributed by atoms with Gasteiger partial charge in [-0.25, -0.2) is 4.98 Å². The molecular weight excluding hydrogens is 204 g/mol. The fourth-order valence-electron chi connectivity index (χ4n) is 1.85. The van der Waals surface area contributed by atoms with Gasteiger partial charge in [0.1, 0.15) is 17.2 Å². The number of H-pyrrole nitrogens is 1. The summed E-state index contributed by atoms with van der Waals surface area (Å²) >= 11 is 0. The highest BCUT2D eigenvalue weighted by Gasteiger charge is 2.36. The van der Waals surface area contributed by atoms with E-state index in [0.29, 0.717) is 17.2 Å². The van der Waals surface area contributed by atoms with Gasteiger partial charge in [-0.1, -0.05) is 13.2 Å². The van der Waals surface area contributed by atoms with Crippen molar-refractivity contribution in [2.24, 2.45) is 0 Å². The maximum Gasteiger partial charge on any atom is 0.251 e. The van der Waals surface area contributed by atoms with Crippen molar-refractivity contribution < 1.29 is 9.59 Å². The van der Waals surface area contributed by atoms with Crippen LogP contribution in [0.1, 0.15) is 40.8 Å². The summed E-state index contributed by atoms with van der Waals surface area (Å²) in [5.74, 6) is 0.0758. The van der Waals surface area contributed by atoms with E-state index in [4.69, 9.17) is 0 Å². The molecule has 1 aromatic heterocycles. The number of imidazole rings is 1. The van der Waals surface area contributed by atoms with Crippen LogP contribution in [0.2, 0.25) is 0 Å². The van der Waals surface area contributed by atoms with Crippen LogP contribution in [0.3, 0.4) is 0 Å². The first-order valence-corrected chi connectivity index (χ1v) is 5.17. The number of carbonyl (C=O) groups excluding carboxylic acids is 2. The van der Waals surface area contributed by atoms with Gasteiger partial charge < -0.3 is 4.98 Å². The van der Waals surface area contributed by atoms with Gasteiger partial charge in [-0.2, -0.15) is 0 Å². The Hall–Kier alpha value is -1.97. The average Bonchev–Trinajstić information content (AvgIpc) is 3.03. The quantitative estimate of drug-likeness (QED) is 0.570. The molecule has 1 N–H and O–H groups in total. The van der Waals surface area contributed by atoms with Crippen molar-refractivity contribution >= 4 is 17.1 Å². The molecule has 1 saturated carbocycles. The molecule has 3 rings (SSSR count). The molecule has 0 spiro atoms. The minimum absolute atomic E-state index is 0.159. The summed E-state index contributed by atoms with van der Waals surface area (Å²) in [4.78, 5) is 30.5. The normalized spacial score (nSPS) is 20.2. The third-order valence-corrected chi connectivity index (χ3v) is 3.04. The Bertz CT molecular complexity index is 518. The molecular formula is C12H10N2O2. The van der Waals surface area contributed by atoms with E-state index in [0.717, 1.165) is 18.7 Å². The van der Waals surface area contributed by atoms with Crippen molar-refractivity contribution in [1.29, 1.82) is 0 Å². The van der Waals surface area contributed by atoms with Gasteiger partial charge in [0.15, 0.2) is 0 Å². The summed E-state index contributed by atoms with van der Waals surface area (Å²) in [6.45, 7) is 7.33. The molecule has 1 fully saturated rings. The van der Waals surface area contributed by atoms with Crippen LogP contribution in [-0.2, 0) is 4.79 Å². The van der Waals surface area contributed by atoms with Gasteiger partial charge >= 0.3 is 0 Å². The van der Waals surface area contributed by atoms with Crippen LogP contribution in [0.4, 0.5) is 0 Å². The number of carbonyl (C=O) groups is 2. The molecule has 0 radical (unpaired) electrons. The summed E-state index contributed by atoms with van der Waals surface area (Å²) < 4.78 is 0. The van der Waals surface area contributed by atoms with Gasteiger partial charge in [-0.05, 0) is 12.8 Å². The number of hydrogen-bond donors (Lipinski definition) is 1. The lowest BCUT2D eigenvalue weighted by atomic mass is 9.90. The molecule has 0 amide bonds. The van der Waals surface area contributed by atoms with E-state index >= 15 is 0 Å². The van der Waals surface area contributed by atoms with Gasteiger partial charge in [0.2, 0.25) is 5.78 Å². The molecule has 2 aliphatic rings. The Morgan fingerprint density at radius 1 is 1.12 bits per heavy atom. The highest BCUT2D eigenvalue weighted by atomic mass is 16.2. The number of nitrogens with zero attached hydrogens (tertiary/aromatic N) is 1. The number of rotatable bonds is 1. The number of ketones is 2. The van der Waals surface area contributed by atoms with Crippen LogP contribution >= 0.6 is 0 Å². The molecule has 0 unspecified atom stereocenters. The Labute approximate surface area is 92.1 Å². The van der Waals surface area contributed by atoms with Gasteiger partial charge in [0.05, 0.1) is 0 Å². The van der Waals surface area contributed by atoms with E-state index in [1.165, 1.54) is 0 Å². The number of nitrogens with one attached hydrogen (secondary N) is 1. The van der Waals surface area contributed by atoms with E-state index in [1.54, 1.807) is 0 Å². The molecule has 0 bridgehead atoms. The summed E-state index contributed by atoms with van der Waals surface area (Å²) in [7, 11) is 0. The molecule has 4 heteroatoms. The second kappa shape index (κ2) is 2.78. The first-order chi connectivity index (χ1) is 7.59. The SMILES string of the molecule is C=C1C(=C)c2nc(C3CC3)[nH]c2C(=O)C1=O. The predicted molar refractivity (Wildman–Crippen MR) is 58.1 cm³/mol. The Morgan fingerprint density at radius 2 is 1.81 bits per heavy atom. The lowest BCUT2D eigenvalue weighted by molar-refractivity contribution is -0.111. The molecule has 0 aromatic carbocycles. The average molecular weight is 214 g/mol. The second-order valence-corrected chi connectivity index (χ2v) is 4.24. The van der Waals surface area contributed by atoms with Gasteiger partial charge in [0, 0.05) is 17.1 Å². The van der Waals surface area contributed by atoms with Crippen LogP contribution < -0.4 is 0 Å². The molecule has 16 heavy (non-hydrogen) atoms. The number of Topliss-reactive ketones (excluding diaryl/α,β-unsaturated/α-hetero) is 2. The van der Waals surface area contributed by atoms with Crippen molar-refractivity contribution in [2.75, 3.05) is 0 Å². The third-order valence-electron chi connectivity index (χ3n) is 3.04. The molecule has 1 aromatic rings. The van der Waals surface area contributed by atoms with E-state index in [9.17, 15) is 9.59 Å². The van der Waals surface area contributed by atoms with Gasteiger partial charge in [-0.3, -0.25) is 9.59 Å². The van der Waals surface area contributed by atoms with Crippen LogP contribution in [0.15, 0.2) is 18.7 Å². The minimum Gasteiger partial charge on any atom is -0.338 e. The number of aromatic amines is 1. The van der Waals surface area contributed by atoms with Crippen LogP contribution in [0, 0.1) is 0 Å². The topological polar surface area (TPSA) is 62.8 Å². The van der Waals surface area contributed by atoms with Crippen molar-refractivity contribution in [3.05, 3.63) is 35.9 Å². The van der Waals surface area contributed by atoms with E-state index < -0.39 is 11.6 Å². The maximum absolute atomic E-state index is 11.7. The molecule has 2 aliphatic carbocycles. The Kier molecular flexibility index (Phi) is 1.61. The van der Waals surface area contributed by atoms with Gasteiger partial charge in [0.25, 0.3) is 5.78 Å². The highest BCUT2D eigenvalue weighted by Crippen LogP contribution is 2.40. The van der Waals surface area contributed by atoms with E-state index in [1.807, 2.05) is 0 Å². The lowest BCUT2D eigenvalue weighted by Gasteiger charge is -2.12. The smallest absolute Gasteiger partial charge is 0.251 e. The molecule has 1 heterocycles. The second-order valence-electron chi connectivity index (χ2n) is 4.24. The largest absolute Gasteiger partial charge is 0.338 e. The Morgan fingerprint density at radius 3 is 2.44 bits per heavy atom. The van der Waals surface area contributed by atoms with Crippen molar-refractivity contribution in [1.82, 2.24) is 9.97 Å². The number of fused-ring (bicyclic) bond motifs is 1. The van der Waals surface area contributed by atoms with Crippen LogP contribution in [-0.4, -0.2) is 21.5 Å².